The largest absolute Gasteiger partial charge is 0.302 e. The van der Waals surface area contributed by atoms with Crippen molar-refractivity contribution in [1.82, 2.24) is 0 Å². The SMILES string of the molecule is Cc1ccc(C2(C=O)CC2)cc1[N+](=O)[O-]. The third kappa shape index (κ3) is 1.52. The first-order valence-corrected chi connectivity index (χ1v) is 4.81. The van der Waals surface area contributed by atoms with Crippen LogP contribution in [0.25, 0.3) is 0 Å². The van der Waals surface area contributed by atoms with Crippen LogP contribution in [0.1, 0.15) is 24.0 Å². The Labute approximate surface area is 87.1 Å². The minimum Gasteiger partial charge on any atom is -0.302 e. The van der Waals surface area contributed by atoms with E-state index in [0.717, 1.165) is 24.7 Å². The average Bonchev–Trinajstić information content (AvgIpc) is 2.99. The average molecular weight is 205 g/mol. The van der Waals surface area contributed by atoms with Crippen molar-refractivity contribution in [3.63, 3.8) is 0 Å². The summed E-state index contributed by atoms with van der Waals surface area (Å²) in [6.07, 6.45) is 2.51. The van der Waals surface area contributed by atoms with Gasteiger partial charge in [0.1, 0.15) is 6.29 Å². The van der Waals surface area contributed by atoms with E-state index in [1.54, 1.807) is 13.0 Å². The molecule has 0 heterocycles. The van der Waals surface area contributed by atoms with Crippen LogP contribution in [0.4, 0.5) is 5.69 Å². The van der Waals surface area contributed by atoms with Gasteiger partial charge in [-0.05, 0) is 25.3 Å². The van der Waals surface area contributed by atoms with E-state index in [-0.39, 0.29) is 5.69 Å². The maximum atomic E-state index is 10.9. The Morgan fingerprint density at radius 2 is 2.13 bits per heavy atom. The summed E-state index contributed by atoms with van der Waals surface area (Å²) < 4.78 is 0. The number of nitro groups is 1. The van der Waals surface area contributed by atoms with Gasteiger partial charge in [0.15, 0.2) is 0 Å². The van der Waals surface area contributed by atoms with Crippen molar-refractivity contribution in [2.75, 3.05) is 0 Å². The fraction of sp³-hybridized carbons (Fsp3) is 0.364. The van der Waals surface area contributed by atoms with Gasteiger partial charge >= 0.3 is 0 Å². The molecular formula is C11H11NO3. The Morgan fingerprint density at radius 1 is 1.47 bits per heavy atom. The highest BCUT2D eigenvalue weighted by atomic mass is 16.6. The molecule has 0 unspecified atom stereocenters. The van der Waals surface area contributed by atoms with Gasteiger partial charge in [-0.1, -0.05) is 12.1 Å². The lowest BCUT2D eigenvalue weighted by atomic mass is 9.96. The summed E-state index contributed by atoms with van der Waals surface area (Å²) in [6.45, 7) is 1.70. The first-order chi connectivity index (χ1) is 7.09. The second kappa shape index (κ2) is 3.15. The molecule has 0 atom stereocenters. The lowest BCUT2D eigenvalue weighted by Crippen LogP contribution is -2.08. The van der Waals surface area contributed by atoms with Gasteiger partial charge in [-0.3, -0.25) is 10.1 Å². The highest BCUT2D eigenvalue weighted by Crippen LogP contribution is 2.47. The number of hydrogen-bond donors (Lipinski definition) is 0. The normalized spacial score (nSPS) is 17.1. The second-order valence-corrected chi connectivity index (χ2v) is 4.03. The van der Waals surface area contributed by atoms with Gasteiger partial charge in [-0.2, -0.15) is 0 Å². The van der Waals surface area contributed by atoms with Crippen LogP contribution in [0.5, 0.6) is 0 Å². The predicted octanol–water partition coefficient (Wildman–Crippen LogP) is 2.13. The van der Waals surface area contributed by atoms with Gasteiger partial charge in [-0.25, -0.2) is 0 Å². The standard InChI is InChI=1S/C11H11NO3/c1-8-2-3-9(6-10(8)12(14)15)11(7-13)4-5-11/h2-3,6-7H,4-5H2,1H3. The lowest BCUT2D eigenvalue weighted by Gasteiger charge is -2.07. The summed E-state index contributed by atoms with van der Waals surface area (Å²) >= 11 is 0. The van der Waals surface area contributed by atoms with Crippen LogP contribution in [0.2, 0.25) is 0 Å². The van der Waals surface area contributed by atoms with Crippen molar-refractivity contribution in [2.45, 2.75) is 25.2 Å². The number of nitro benzene ring substituents is 1. The topological polar surface area (TPSA) is 60.2 Å². The summed E-state index contributed by atoms with van der Waals surface area (Å²) in [5, 5.41) is 10.7. The van der Waals surface area contributed by atoms with E-state index in [0.29, 0.717) is 5.56 Å². The van der Waals surface area contributed by atoms with E-state index in [9.17, 15) is 14.9 Å². The molecule has 0 bridgehead atoms. The summed E-state index contributed by atoms with van der Waals surface area (Å²) in [4.78, 5) is 21.2. The summed E-state index contributed by atoms with van der Waals surface area (Å²) in [5.74, 6) is 0. The van der Waals surface area contributed by atoms with Crippen molar-refractivity contribution in [3.8, 4) is 0 Å². The van der Waals surface area contributed by atoms with Crippen LogP contribution in [0.15, 0.2) is 18.2 Å². The van der Waals surface area contributed by atoms with Crippen LogP contribution in [-0.2, 0) is 10.2 Å². The van der Waals surface area contributed by atoms with Gasteiger partial charge in [0.2, 0.25) is 0 Å². The van der Waals surface area contributed by atoms with Gasteiger partial charge < -0.3 is 4.79 Å². The number of aryl methyl sites for hydroxylation is 1. The van der Waals surface area contributed by atoms with Crippen LogP contribution in [0, 0.1) is 17.0 Å². The van der Waals surface area contributed by atoms with E-state index in [1.165, 1.54) is 6.07 Å². The zero-order chi connectivity index (χ0) is 11.1. The highest BCUT2D eigenvalue weighted by Gasteiger charge is 2.44. The zero-order valence-electron chi connectivity index (χ0n) is 8.40. The fourth-order valence-electron chi connectivity index (χ4n) is 1.73. The Bertz CT molecular complexity index is 435. The summed E-state index contributed by atoms with van der Waals surface area (Å²) in [6, 6.07) is 5.04. The van der Waals surface area contributed by atoms with Gasteiger partial charge in [0, 0.05) is 11.6 Å². The minimum atomic E-state index is -0.432. The van der Waals surface area contributed by atoms with Crippen LogP contribution in [-0.4, -0.2) is 11.2 Å². The Kier molecular flexibility index (Phi) is 2.07. The molecule has 0 saturated heterocycles. The molecule has 4 nitrogen and oxygen atoms in total. The number of carbonyl (C=O) groups is 1. The maximum absolute atomic E-state index is 10.9. The molecule has 1 saturated carbocycles. The first kappa shape index (κ1) is 9.83. The molecule has 1 fully saturated rings. The van der Waals surface area contributed by atoms with Crippen molar-refractivity contribution in [3.05, 3.63) is 39.4 Å². The van der Waals surface area contributed by atoms with Crippen LogP contribution in [0.3, 0.4) is 0 Å². The van der Waals surface area contributed by atoms with Crippen molar-refractivity contribution in [1.29, 1.82) is 0 Å². The minimum absolute atomic E-state index is 0.0978. The fourth-order valence-corrected chi connectivity index (χ4v) is 1.73. The molecule has 1 aromatic carbocycles. The number of rotatable bonds is 3. The Balaban J connectivity index is 2.47. The number of nitrogens with zero attached hydrogens (tertiary/aromatic N) is 1. The molecule has 1 aliphatic carbocycles. The van der Waals surface area contributed by atoms with Crippen LogP contribution >= 0.6 is 0 Å². The maximum Gasteiger partial charge on any atom is 0.272 e. The molecule has 15 heavy (non-hydrogen) atoms. The zero-order valence-corrected chi connectivity index (χ0v) is 8.40. The van der Waals surface area contributed by atoms with E-state index in [2.05, 4.69) is 0 Å². The monoisotopic (exact) mass is 205 g/mol. The number of aldehydes is 1. The van der Waals surface area contributed by atoms with E-state index in [4.69, 9.17) is 0 Å². The Hall–Kier alpha value is -1.71. The molecule has 0 N–H and O–H groups in total. The number of hydrogen-bond acceptors (Lipinski definition) is 3. The van der Waals surface area contributed by atoms with Crippen molar-refractivity contribution in [2.24, 2.45) is 0 Å². The molecule has 0 radical (unpaired) electrons. The number of benzene rings is 1. The molecule has 2 rings (SSSR count). The molecule has 0 aromatic heterocycles. The number of carbonyl (C=O) groups excluding carboxylic acids is 1. The third-order valence-electron chi connectivity index (χ3n) is 3.00. The molecular weight excluding hydrogens is 194 g/mol. The van der Waals surface area contributed by atoms with E-state index in [1.807, 2.05) is 6.07 Å². The smallest absolute Gasteiger partial charge is 0.272 e. The molecule has 0 spiro atoms. The molecule has 0 amide bonds. The predicted molar refractivity (Wildman–Crippen MR) is 54.8 cm³/mol. The first-order valence-electron chi connectivity index (χ1n) is 4.81. The molecule has 4 heteroatoms. The van der Waals surface area contributed by atoms with E-state index < -0.39 is 10.3 Å². The lowest BCUT2D eigenvalue weighted by molar-refractivity contribution is -0.385. The molecule has 0 aliphatic heterocycles. The van der Waals surface area contributed by atoms with E-state index >= 15 is 0 Å². The Morgan fingerprint density at radius 3 is 2.60 bits per heavy atom. The van der Waals surface area contributed by atoms with Gasteiger partial charge in [-0.15, -0.1) is 0 Å². The molecule has 1 aliphatic rings. The van der Waals surface area contributed by atoms with Gasteiger partial charge in [0.05, 0.1) is 10.3 Å². The second-order valence-electron chi connectivity index (χ2n) is 4.03. The van der Waals surface area contributed by atoms with Crippen molar-refractivity contribution >= 4 is 12.0 Å². The third-order valence-corrected chi connectivity index (χ3v) is 3.00. The molecule has 1 aromatic rings. The molecule has 78 valence electrons. The summed E-state index contributed by atoms with van der Waals surface area (Å²) in [7, 11) is 0. The van der Waals surface area contributed by atoms with Gasteiger partial charge in [0.25, 0.3) is 5.69 Å². The highest BCUT2D eigenvalue weighted by molar-refractivity contribution is 5.73. The quantitative estimate of drug-likeness (QED) is 0.431. The van der Waals surface area contributed by atoms with Crippen LogP contribution < -0.4 is 0 Å². The summed E-state index contributed by atoms with van der Waals surface area (Å²) in [5.41, 5.74) is 1.07. The van der Waals surface area contributed by atoms with Crippen molar-refractivity contribution < 1.29 is 9.72 Å².